The molecule has 1 atom stereocenters. The first-order chi connectivity index (χ1) is 7.91. The van der Waals surface area contributed by atoms with Gasteiger partial charge in [-0.3, -0.25) is 4.79 Å². The van der Waals surface area contributed by atoms with Crippen LogP contribution in [0.15, 0.2) is 18.3 Å². The van der Waals surface area contributed by atoms with Crippen LogP contribution in [0.4, 0.5) is 4.39 Å². The molecular formula is C13H19FN2O. The van der Waals surface area contributed by atoms with Crippen molar-refractivity contribution < 1.29 is 9.18 Å². The summed E-state index contributed by atoms with van der Waals surface area (Å²) in [6.07, 6.45) is 2.24. The lowest BCUT2D eigenvalue weighted by molar-refractivity contribution is 0.0727. The maximum absolute atomic E-state index is 12.9. The molecule has 0 saturated carbocycles. The second-order valence-electron chi connectivity index (χ2n) is 4.76. The zero-order chi connectivity index (χ0) is 13.0. The van der Waals surface area contributed by atoms with Gasteiger partial charge in [0.2, 0.25) is 5.95 Å². The summed E-state index contributed by atoms with van der Waals surface area (Å²) in [6, 6.07) is 2.84. The molecule has 0 saturated heterocycles. The highest BCUT2D eigenvalue weighted by Crippen LogP contribution is 2.13. The Morgan fingerprint density at radius 1 is 1.47 bits per heavy atom. The van der Waals surface area contributed by atoms with Crippen LogP contribution in [0.1, 0.15) is 37.6 Å². The first-order valence-corrected chi connectivity index (χ1v) is 5.80. The number of carbonyl (C=O) groups is 1. The number of hydrogen-bond acceptors (Lipinski definition) is 2. The van der Waals surface area contributed by atoms with Crippen molar-refractivity contribution in [2.75, 3.05) is 7.05 Å². The Labute approximate surface area is 102 Å². The Balaban J connectivity index is 2.76. The van der Waals surface area contributed by atoms with Gasteiger partial charge in [0, 0.05) is 30.9 Å². The van der Waals surface area contributed by atoms with Gasteiger partial charge in [-0.05, 0) is 25.3 Å². The molecule has 0 spiro atoms. The van der Waals surface area contributed by atoms with E-state index in [4.69, 9.17) is 0 Å². The molecule has 1 aromatic rings. The third kappa shape index (κ3) is 3.80. The largest absolute Gasteiger partial charge is 0.339 e. The molecule has 0 fully saturated rings. The molecule has 0 bridgehead atoms. The van der Waals surface area contributed by atoms with E-state index >= 15 is 0 Å². The van der Waals surface area contributed by atoms with E-state index in [-0.39, 0.29) is 11.9 Å². The topological polar surface area (TPSA) is 33.2 Å². The molecule has 0 N–H and O–H groups in total. The summed E-state index contributed by atoms with van der Waals surface area (Å²) in [5.74, 6) is -0.269. The normalized spacial score (nSPS) is 12.6. The van der Waals surface area contributed by atoms with Gasteiger partial charge in [0.05, 0.1) is 0 Å². The number of carbonyl (C=O) groups excluding carboxylic acids is 1. The fraction of sp³-hybridized carbons (Fsp3) is 0.538. The van der Waals surface area contributed by atoms with Crippen LogP contribution in [0.25, 0.3) is 0 Å². The SMILES string of the molecule is CC(C)CC(C)N(C)C(=O)c1ccnc(F)c1. The summed E-state index contributed by atoms with van der Waals surface area (Å²) in [4.78, 5) is 17.1. The van der Waals surface area contributed by atoms with Gasteiger partial charge in [-0.25, -0.2) is 4.98 Å². The molecule has 1 unspecified atom stereocenters. The summed E-state index contributed by atoms with van der Waals surface area (Å²) in [6.45, 7) is 6.22. The van der Waals surface area contributed by atoms with Crippen molar-refractivity contribution in [3.8, 4) is 0 Å². The fourth-order valence-electron chi connectivity index (χ4n) is 1.78. The third-order valence-corrected chi connectivity index (χ3v) is 2.77. The molecule has 0 aliphatic heterocycles. The average molecular weight is 238 g/mol. The molecule has 0 aliphatic rings. The molecule has 1 heterocycles. The lowest BCUT2D eigenvalue weighted by Gasteiger charge is -2.26. The smallest absolute Gasteiger partial charge is 0.254 e. The average Bonchev–Trinajstić information content (AvgIpc) is 2.26. The first kappa shape index (κ1) is 13.6. The zero-order valence-corrected chi connectivity index (χ0v) is 10.8. The van der Waals surface area contributed by atoms with Crippen LogP contribution in [-0.2, 0) is 0 Å². The minimum atomic E-state index is -0.624. The van der Waals surface area contributed by atoms with Crippen LogP contribution in [0.5, 0.6) is 0 Å². The number of nitrogens with zero attached hydrogens (tertiary/aromatic N) is 2. The van der Waals surface area contributed by atoms with Crippen molar-refractivity contribution in [3.05, 3.63) is 29.8 Å². The minimum absolute atomic E-state index is 0.138. The van der Waals surface area contributed by atoms with Crippen molar-refractivity contribution in [1.29, 1.82) is 0 Å². The zero-order valence-electron chi connectivity index (χ0n) is 10.8. The van der Waals surface area contributed by atoms with Gasteiger partial charge in [0.25, 0.3) is 5.91 Å². The summed E-state index contributed by atoms with van der Waals surface area (Å²) < 4.78 is 12.9. The maximum Gasteiger partial charge on any atom is 0.254 e. The molecule has 0 aliphatic carbocycles. The standard InChI is InChI=1S/C13H19FN2O/c1-9(2)7-10(3)16(4)13(17)11-5-6-15-12(14)8-11/h5-6,8-10H,7H2,1-4H3. The summed E-state index contributed by atoms with van der Waals surface area (Å²) in [5.41, 5.74) is 0.343. The molecule has 1 amide bonds. The van der Waals surface area contributed by atoms with Crippen LogP contribution in [-0.4, -0.2) is 28.9 Å². The minimum Gasteiger partial charge on any atom is -0.339 e. The van der Waals surface area contributed by atoms with E-state index in [1.165, 1.54) is 18.3 Å². The number of rotatable bonds is 4. The van der Waals surface area contributed by atoms with Gasteiger partial charge in [0.15, 0.2) is 0 Å². The van der Waals surface area contributed by atoms with Crippen molar-refractivity contribution in [2.24, 2.45) is 5.92 Å². The Bertz CT molecular complexity index is 393. The lowest BCUT2D eigenvalue weighted by atomic mass is 10.0. The summed E-state index contributed by atoms with van der Waals surface area (Å²) in [7, 11) is 1.74. The van der Waals surface area contributed by atoms with Gasteiger partial charge in [-0.15, -0.1) is 0 Å². The van der Waals surface area contributed by atoms with Gasteiger partial charge in [-0.1, -0.05) is 13.8 Å². The van der Waals surface area contributed by atoms with Crippen LogP contribution >= 0.6 is 0 Å². The molecule has 1 rings (SSSR count). The van der Waals surface area contributed by atoms with Crippen LogP contribution in [0.3, 0.4) is 0 Å². The number of aromatic nitrogens is 1. The Morgan fingerprint density at radius 3 is 2.65 bits per heavy atom. The molecule has 3 nitrogen and oxygen atoms in total. The number of halogens is 1. The predicted octanol–water partition coefficient (Wildman–Crippen LogP) is 2.73. The van der Waals surface area contributed by atoms with Crippen LogP contribution in [0.2, 0.25) is 0 Å². The van der Waals surface area contributed by atoms with E-state index in [1.54, 1.807) is 11.9 Å². The monoisotopic (exact) mass is 238 g/mol. The second-order valence-corrected chi connectivity index (χ2v) is 4.76. The molecule has 94 valence electrons. The van der Waals surface area contributed by atoms with Crippen molar-refractivity contribution in [1.82, 2.24) is 9.88 Å². The highest BCUT2D eigenvalue weighted by molar-refractivity contribution is 5.94. The van der Waals surface area contributed by atoms with Gasteiger partial charge in [0.1, 0.15) is 0 Å². The predicted molar refractivity (Wildman–Crippen MR) is 65.2 cm³/mol. The molecule has 4 heteroatoms. The Kier molecular flexibility index (Phi) is 4.61. The molecule has 0 aromatic carbocycles. The van der Waals surface area contributed by atoms with Crippen molar-refractivity contribution in [2.45, 2.75) is 33.2 Å². The van der Waals surface area contributed by atoms with Gasteiger partial charge >= 0.3 is 0 Å². The Morgan fingerprint density at radius 2 is 2.12 bits per heavy atom. The van der Waals surface area contributed by atoms with E-state index in [0.717, 1.165) is 6.42 Å². The van der Waals surface area contributed by atoms with E-state index in [0.29, 0.717) is 11.5 Å². The van der Waals surface area contributed by atoms with Crippen LogP contribution < -0.4 is 0 Å². The van der Waals surface area contributed by atoms with E-state index in [2.05, 4.69) is 18.8 Å². The van der Waals surface area contributed by atoms with Gasteiger partial charge in [-0.2, -0.15) is 4.39 Å². The maximum atomic E-state index is 12.9. The number of hydrogen-bond donors (Lipinski definition) is 0. The summed E-state index contributed by atoms with van der Waals surface area (Å²) >= 11 is 0. The number of pyridine rings is 1. The van der Waals surface area contributed by atoms with E-state index < -0.39 is 5.95 Å². The first-order valence-electron chi connectivity index (χ1n) is 5.80. The lowest BCUT2D eigenvalue weighted by Crippen LogP contribution is -2.35. The van der Waals surface area contributed by atoms with Crippen molar-refractivity contribution >= 4 is 5.91 Å². The molecule has 17 heavy (non-hydrogen) atoms. The quantitative estimate of drug-likeness (QED) is 0.756. The number of amides is 1. The highest BCUT2D eigenvalue weighted by Gasteiger charge is 2.18. The second kappa shape index (κ2) is 5.75. The van der Waals surface area contributed by atoms with Crippen molar-refractivity contribution in [3.63, 3.8) is 0 Å². The third-order valence-electron chi connectivity index (χ3n) is 2.77. The van der Waals surface area contributed by atoms with Gasteiger partial charge < -0.3 is 4.90 Å². The molecular weight excluding hydrogens is 219 g/mol. The summed E-state index contributed by atoms with van der Waals surface area (Å²) in [5, 5.41) is 0. The molecule has 0 radical (unpaired) electrons. The highest BCUT2D eigenvalue weighted by atomic mass is 19.1. The fourth-order valence-corrected chi connectivity index (χ4v) is 1.78. The van der Waals surface area contributed by atoms with E-state index in [1.807, 2.05) is 6.92 Å². The van der Waals surface area contributed by atoms with Crippen LogP contribution in [0, 0.1) is 11.9 Å². The van der Waals surface area contributed by atoms with E-state index in [9.17, 15) is 9.18 Å². The molecule has 1 aromatic heterocycles. The Hall–Kier alpha value is -1.45.